The van der Waals surface area contributed by atoms with Crippen LogP contribution in [0.5, 0.6) is 0 Å². The second-order valence-corrected chi connectivity index (χ2v) is 6.16. The fourth-order valence-corrected chi connectivity index (χ4v) is 3.60. The normalized spacial score (nSPS) is 18.1. The van der Waals surface area contributed by atoms with Crippen molar-refractivity contribution in [3.63, 3.8) is 0 Å². The third-order valence-electron chi connectivity index (χ3n) is 3.82. The highest BCUT2D eigenvalue weighted by Gasteiger charge is 2.33. The van der Waals surface area contributed by atoms with Crippen LogP contribution in [-0.2, 0) is 7.05 Å². The predicted octanol–water partition coefficient (Wildman–Crippen LogP) is 2.97. The first-order valence-electron chi connectivity index (χ1n) is 6.74. The molecule has 1 unspecified atom stereocenters. The van der Waals surface area contributed by atoms with E-state index in [1.165, 1.54) is 6.07 Å². The average Bonchev–Trinajstić information content (AvgIpc) is 3.17. The van der Waals surface area contributed by atoms with Crippen LogP contribution in [0, 0.1) is 10.1 Å². The number of hydrogen-bond acceptors (Lipinski definition) is 4. The topological polar surface area (TPSA) is 68.4 Å². The van der Waals surface area contributed by atoms with E-state index in [1.54, 1.807) is 6.07 Å². The van der Waals surface area contributed by atoms with Crippen molar-refractivity contribution in [2.75, 3.05) is 6.54 Å². The van der Waals surface area contributed by atoms with Crippen LogP contribution in [0.15, 0.2) is 30.5 Å². The molecule has 7 heteroatoms. The molecule has 110 valence electrons. The first-order valence-corrected chi connectivity index (χ1v) is 7.56. The van der Waals surface area contributed by atoms with Crippen LogP contribution < -0.4 is 0 Å². The summed E-state index contributed by atoms with van der Waals surface area (Å²) in [6, 6.07) is 6.98. The molecule has 0 radical (unpaired) electrons. The van der Waals surface area contributed by atoms with E-state index in [-0.39, 0.29) is 17.0 Å². The maximum absolute atomic E-state index is 12.6. The first-order chi connectivity index (χ1) is 10.1. The number of rotatable bonds is 3. The Balaban J connectivity index is 1.86. The second-order valence-electron chi connectivity index (χ2n) is 5.10. The predicted molar refractivity (Wildman–Crippen MR) is 79.4 cm³/mol. The van der Waals surface area contributed by atoms with Crippen molar-refractivity contribution >= 4 is 22.2 Å². The molecule has 1 atom stereocenters. The number of nitrogens with zero attached hydrogens (tertiary/aromatic N) is 3. The molecular formula is C14H15N3O3S. The Kier molecular flexibility index (Phi) is 3.50. The molecule has 1 saturated heterocycles. The maximum atomic E-state index is 12.6. The third kappa shape index (κ3) is 2.44. The van der Waals surface area contributed by atoms with Gasteiger partial charge in [0.15, 0.2) is 0 Å². The van der Waals surface area contributed by atoms with Gasteiger partial charge in [-0.2, -0.15) is 0 Å². The number of likely N-dealkylation sites (tertiary alicyclic amines) is 1. The molecule has 1 amide bonds. The number of hydrogen-bond donors (Lipinski definition) is 0. The van der Waals surface area contributed by atoms with Gasteiger partial charge in [0.2, 0.25) is 0 Å². The van der Waals surface area contributed by atoms with Gasteiger partial charge < -0.3 is 9.47 Å². The third-order valence-corrected chi connectivity index (χ3v) is 4.85. The number of nitro groups is 1. The Hall–Kier alpha value is -2.15. The maximum Gasteiger partial charge on any atom is 0.324 e. The molecule has 3 heterocycles. The summed E-state index contributed by atoms with van der Waals surface area (Å²) in [6.45, 7) is 0.695. The van der Waals surface area contributed by atoms with Crippen molar-refractivity contribution in [1.29, 1.82) is 0 Å². The van der Waals surface area contributed by atoms with Crippen LogP contribution >= 0.6 is 11.3 Å². The number of carbonyl (C=O) groups excluding carboxylic acids is 1. The highest BCUT2D eigenvalue weighted by atomic mass is 32.1. The number of amides is 1. The van der Waals surface area contributed by atoms with Crippen LogP contribution in [0.1, 0.15) is 34.2 Å². The van der Waals surface area contributed by atoms with Gasteiger partial charge in [0, 0.05) is 31.5 Å². The Morgan fingerprint density at radius 3 is 2.86 bits per heavy atom. The van der Waals surface area contributed by atoms with Gasteiger partial charge in [0.25, 0.3) is 5.91 Å². The number of aryl methyl sites for hydroxylation is 1. The lowest BCUT2D eigenvalue weighted by molar-refractivity contribution is -0.380. The summed E-state index contributed by atoms with van der Waals surface area (Å²) in [7, 11) is 1.96. The number of carbonyl (C=O) groups is 1. The lowest BCUT2D eigenvalue weighted by Crippen LogP contribution is -2.30. The van der Waals surface area contributed by atoms with E-state index in [4.69, 9.17) is 0 Å². The molecule has 0 spiro atoms. The Morgan fingerprint density at radius 2 is 2.24 bits per heavy atom. The second kappa shape index (κ2) is 5.33. The van der Waals surface area contributed by atoms with Crippen molar-refractivity contribution in [2.24, 2.45) is 7.05 Å². The number of thiophene rings is 1. The molecule has 2 aromatic rings. The molecule has 21 heavy (non-hydrogen) atoms. The molecule has 0 bridgehead atoms. The zero-order chi connectivity index (χ0) is 15.0. The molecule has 0 aromatic carbocycles. The van der Waals surface area contributed by atoms with E-state index in [1.807, 2.05) is 34.8 Å². The van der Waals surface area contributed by atoms with Crippen LogP contribution in [0.3, 0.4) is 0 Å². The minimum atomic E-state index is -0.458. The average molecular weight is 305 g/mol. The molecule has 1 fully saturated rings. The summed E-state index contributed by atoms with van der Waals surface area (Å²) in [4.78, 5) is 25.1. The molecular weight excluding hydrogens is 290 g/mol. The Bertz CT molecular complexity index is 691. The Labute approximate surface area is 125 Å². The highest BCUT2D eigenvalue weighted by Crippen LogP contribution is 2.35. The van der Waals surface area contributed by atoms with Crippen molar-refractivity contribution < 1.29 is 9.72 Å². The van der Waals surface area contributed by atoms with E-state index in [0.29, 0.717) is 11.4 Å². The molecule has 3 rings (SSSR count). The fourth-order valence-electron chi connectivity index (χ4n) is 2.82. The van der Waals surface area contributed by atoms with E-state index >= 15 is 0 Å². The van der Waals surface area contributed by atoms with Crippen LogP contribution in [0.25, 0.3) is 0 Å². The number of aromatic nitrogens is 1. The lowest BCUT2D eigenvalue weighted by Gasteiger charge is -2.24. The summed E-state index contributed by atoms with van der Waals surface area (Å²) in [6.07, 6.45) is 3.85. The van der Waals surface area contributed by atoms with Crippen molar-refractivity contribution in [3.8, 4) is 0 Å². The summed E-state index contributed by atoms with van der Waals surface area (Å²) in [5, 5.41) is 10.7. The van der Waals surface area contributed by atoms with Gasteiger partial charge in [0.1, 0.15) is 0 Å². The molecule has 1 aliphatic rings. The summed E-state index contributed by atoms with van der Waals surface area (Å²) in [5.74, 6) is -0.114. The van der Waals surface area contributed by atoms with Crippen LogP contribution in [0.2, 0.25) is 0 Å². The van der Waals surface area contributed by atoms with Crippen LogP contribution in [0.4, 0.5) is 5.00 Å². The lowest BCUT2D eigenvalue weighted by atomic mass is 10.1. The van der Waals surface area contributed by atoms with Crippen LogP contribution in [-0.4, -0.2) is 26.8 Å². The van der Waals surface area contributed by atoms with E-state index in [9.17, 15) is 14.9 Å². The fraction of sp³-hybridized carbons (Fsp3) is 0.357. The smallest absolute Gasteiger partial charge is 0.324 e. The van der Waals surface area contributed by atoms with E-state index in [0.717, 1.165) is 29.9 Å². The minimum absolute atomic E-state index is 0.00737. The standard InChI is InChI=1S/C14H15N3O3S/c1-15-8-2-4-10(15)11-5-3-9-16(11)14(18)12-6-7-13(21-12)17(19)20/h2,4,6-8,11H,3,5,9H2,1H3. The van der Waals surface area contributed by atoms with E-state index in [2.05, 4.69) is 0 Å². The zero-order valence-electron chi connectivity index (χ0n) is 11.6. The highest BCUT2D eigenvalue weighted by molar-refractivity contribution is 7.17. The van der Waals surface area contributed by atoms with Crippen molar-refractivity contribution in [2.45, 2.75) is 18.9 Å². The van der Waals surface area contributed by atoms with Gasteiger partial charge in [-0.05, 0) is 31.0 Å². The van der Waals surface area contributed by atoms with Gasteiger partial charge in [-0.15, -0.1) is 0 Å². The van der Waals surface area contributed by atoms with Gasteiger partial charge in [-0.3, -0.25) is 14.9 Å². The van der Waals surface area contributed by atoms with Crippen molar-refractivity contribution in [1.82, 2.24) is 9.47 Å². The molecule has 0 N–H and O–H groups in total. The van der Waals surface area contributed by atoms with Gasteiger partial charge in [-0.1, -0.05) is 11.3 Å². The molecule has 0 saturated carbocycles. The summed E-state index contributed by atoms with van der Waals surface area (Å²) >= 11 is 0.942. The van der Waals surface area contributed by atoms with Gasteiger partial charge in [0.05, 0.1) is 15.8 Å². The minimum Gasteiger partial charge on any atom is -0.353 e. The quantitative estimate of drug-likeness (QED) is 0.646. The first kappa shape index (κ1) is 13.8. The Morgan fingerprint density at radius 1 is 1.43 bits per heavy atom. The molecule has 0 aliphatic carbocycles. The van der Waals surface area contributed by atoms with Gasteiger partial charge >= 0.3 is 5.00 Å². The van der Waals surface area contributed by atoms with E-state index < -0.39 is 4.92 Å². The SMILES string of the molecule is Cn1cccc1C1CCCN1C(=O)c1ccc([N+](=O)[O-])s1. The summed E-state index contributed by atoms with van der Waals surface area (Å²) < 4.78 is 2.02. The summed E-state index contributed by atoms with van der Waals surface area (Å²) in [5.41, 5.74) is 1.10. The van der Waals surface area contributed by atoms with Gasteiger partial charge in [-0.25, -0.2) is 0 Å². The monoisotopic (exact) mass is 305 g/mol. The van der Waals surface area contributed by atoms with Crippen molar-refractivity contribution in [3.05, 3.63) is 51.1 Å². The molecule has 1 aliphatic heterocycles. The molecule has 6 nitrogen and oxygen atoms in total. The molecule has 2 aromatic heterocycles. The zero-order valence-corrected chi connectivity index (χ0v) is 12.4. The largest absolute Gasteiger partial charge is 0.353 e.